The van der Waals surface area contributed by atoms with Gasteiger partial charge in [-0.1, -0.05) is 19.8 Å². The SMILES string of the molecule is CCCC1CCCN(CC2C(O)C(C)(C)OC2(C)C)CC1. The van der Waals surface area contributed by atoms with Crippen LogP contribution in [0.5, 0.6) is 0 Å². The van der Waals surface area contributed by atoms with Gasteiger partial charge in [-0.05, 0) is 66.0 Å². The lowest BCUT2D eigenvalue weighted by Crippen LogP contribution is -2.43. The Morgan fingerprint density at radius 2 is 1.81 bits per heavy atom. The largest absolute Gasteiger partial charge is 0.390 e. The molecule has 21 heavy (non-hydrogen) atoms. The van der Waals surface area contributed by atoms with Crippen molar-refractivity contribution in [2.45, 2.75) is 84.0 Å². The smallest absolute Gasteiger partial charge is 0.0896 e. The summed E-state index contributed by atoms with van der Waals surface area (Å²) in [6, 6.07) is 0. The first-order chi connectivity index (χ1) is 9.76. The molecule has 0 spiro atoms. The molecule has 0 aromatic heterocycles. The van der Waals surface area contributed by atoms with E-state index in [0.29, 0.717) is 0 Å². The minimum Gasteiger partial charge on any atom is -0.390 e. The Morgan fingerprint density at radius 1 is 1.10 bits per heavy atom. The van der Waals surface area contributed by atoms with Crippen molar-refractivity contribution in [3.63, 3.8) is 0 Å². The van der Waals surface area contributed by atoms with Gasteiger partial charge in [-0.3, -0.25) is 0 Å². The van der Waals surface area contributed by atoms with Crippen molar-refractivity contribution in [2.75, 3.05) is 19.6 Å². The van der Waals surface area contributed by atoms with E-state index in [4.69, 9.17) is 4.74 Å². The molecule has 2 saturated heterocycles. The lowest BCUT2D eigenvalue weighted by atomic mass is 9.84. The summed E-state index contributed by atoms with van der Waals surface area (Å²) in [5, 5.41) is 10.6. The molecule has 3 atom stereocenters. The van der Waals surface area contributed by atoms with Gasteiger partial charge in [-0.25, -0.2) is 0 Å². The third-order valence-corrected chi connectivity index (χ3v) is 5.60. The molecule has 2 aliphatic heterocycles. The number of nitrogens with zero attached hydrogens (tertiary/aromatic N) is 1. The summed E-state index contributed by atoms with van der Waals surface area (Å²) in [5.41, 5.74) is -0.664. The molecule has 0 bridgehead atoms. The summed E-state index contributed by atoms with van der Waals surface area (Å²) in [4.78, 5) is 2.57. The van der Waals surface area contributed by atoms with E-state index in [1.807, 2.05) is 13.8 Å². The Labute approximate surface area is 131 Å². The molecule has 3 nitrogen and oxygen atoms in total. The van der Waals surface area contributed by atoms with Gasteiger partial charge in [0.2, 0.25) is 0 Å². The van der Waals surface area contributed by atoms with E-state index in [1.165, 1.54) is 45.2 Å². The van der Waals surface area contributed by atoms with Crippen molar-refractivity contribution in [3.8, 4) is 0 Å². The predicted molar refractivity (Wildman–Crippen MR) is 87.4 cm³/mol. The quantitative estimate of drug-likeness (QED) is 0.862. The number of ether oxygens (including phenoxy) is 1. The van der Waals surface area contributed by atoms with Gasteiger partial charge in [-0.15, -0.1) is 0 Å². The molecule has 3 heteroatoms. The predicted octanol–water partition coefficient (Wildman–Crippen LogP) is 3.45. The molecule has 2 rings (SSSR count). The van der Waals surface area contributed by atoms with Gasteiger partial charge in [0.25, 0.3) is 0 Å². The van der Waals surface area contributed by atoms with Crippen LogP contribution in [0.4, 0.5) is 0 Å². The van der Waals surface area contributed by atoms with Gasteiger partial charge in [0.1, 0.15) is 0 Å². The van der Waals surface area contributed by atoms with Crippen molar-refractivity contribution in [2.24, 2.45) is 11.8 Å². The lowest BCUT2D eigenvalue weighted by Gasteiger charge is -2.32. The molecule has 0 aliphatic carbocycles. The third kappa shape index (κ3) is 4.00. The third-order valence-electron chi connectivity index (χ3n) is 5.60. The van der Waals surface area contributed by atoms with Crippen molar-refractivity contribution < 1.29 is 9.84 Å². The van der Waals surface area contributed by atoms with E-state index >= 15 is 0 Å². The topological polar surface area (TPSA) is 32.7 Å². The second kappa shape index (κ2) is 6.55. The minimum absolute atomic E-state index is 0.204. The molecule has 2 aliphatic rings. The number of likely N-dealkylation sites (tertiary alicyclic amines) is 1. The van der Waals surface area contributed by atoms with Gasteiger partial charge in [0.15, 0.2) is 0 Å². The van der Waals surface area contributed by atoms with Crippen LogP contribution in [0.1, 0.15) is 66.7 Å². The maximum Gasteiger partial charge on any atom is 0.0896 e. The van der Waals surface area contributed by atoms with Crippen LogP contribution in [-0.4, -0.2) is 46.9 Å². The van der Waals surface area contributed by atoms with Crippen LogP contribution < -0.4 is 0 Å². The van der Waals surface area contributed by atoms with Crippen LogP contribution >= 0.6 is 0 Å². The fraction of sp³-hybridized carbons (Fsp3) is 1.00. The van der Waals surface area contributed by atoms with Crippen molar-refractivity contribution in [1.29, 1.82) is 0 Å². The summed E-state index contributed by atoms with van der Waals surface area (Å²) in [6.45, 7) is 13.9. The van der Waals surface area contributed by atoms with Crippen molar-refractivity contribution in [3.05, 3.63) is 0 Å². The van der Waals surface area contributed by atoms with Crippen LogP contribution in [-0.2, 0) is 4.74 Å². The van der Waals surface area contributed by atoms with Gasteiger partial charge in [0, 0.05) is 12.5 Å². The summed E-state index contributed by atoms with van der Waals surface area (Å²) >= 11 is 0. The van der Waals surface area contributed by atoms with E-state index < -0.39 is 5.60 Å². The highest BCUT2D eigenvalue weighted by Gasteiger charge is 2.53. The van der Waals surface area contributed by atoms with Gasteiger partial charge >= 0.3 is 0 Å². The van der Waals surface area contributed by atoms with E-state index in [0.717, 1.165) is 12.5 Å². The summed E-state index contributed by atoms with van der Waals surface area (Å²) in [5.74, 6) is 1.12. The first-order valence-electron chi connectivity index (χ1n) is 8.87. The number of rotatable bonds is 4. The molecule has 1 N–H and O–H groups in total. The maximum atomic E-state index is 10.6. The highest BCUT2D eigenvalue weighted by atomic mass is 16.5. The molecule has 2 heterocycles. The summed E-state index contributed by atoms with van der Waals surface area (Å²) in [6.07, 6.45) is 6.31. The minimum atomic E-state index is -0.426. The second-order valence-corrected chi connectivity index (χ2v) is 8.25. The molecule has 0 radical (unpaired) electrons. The Bertz CT molecular complexity index is 340. The lowest BCUT2D eigenvalue weighted by molar-refractivity contribution is -0.0913. The Hall–Kier alpha value is -0.120. The highest BCUT2D eigenvalue weighted by Crippen LogP contribution is 2.42. The molecule has 3 unspecified atom stereocenters. The fourth-order valence-electron chi connectivity index (χ4n) is 4.38. The zero-order chi connectivity index (χ0) is 15.7. The summed E-state index contributed by atoms with van der Waals surface area (Å²) < 4.78 is 6.12. The molecule has 0 aromatic rings. The van der Waals surface area contributed by atoms with Gasteiger partial charge in [0.05, 0.1) is 17.3 Å². The average Bonchev–Trinajstić information content (AvgIpc) is 2.55. The number of hydrogen-bond donors (Lipinski definition) is 1. The molecule has 0 saturated carbocycles. The molecule has 124 valence electrons. The van der Waals surface area contributed by atoms with Crippen LogP contribution in [0.3, 0.4) is 0 Å². The molecule has 2 fully saturated rings. The monoisotopic (exact) mass is 297 g/mol. The van der Waals surface area contributed by atoms with Crippen molar-refractivity contribution in [1.82, 2.24) is 4.90 Å². The van der Waals surface area contributed by atoms with Crippen LogP contribution in [0, 0.1) is 11.8 Å². The van der Waals surface area contributed by atoms with Gasteiger partial charge in [-0.2, -0.15) is 0 Å². The fourth-order valence-corrected chi connectivity index (χ4v) is 4.38. The highest BCUT2D eigenvalue weighted by molar-refractivity contribution is 5.02. The normalized spacial score (nSPS) is 36.6. The first-order valence-corrected chi connectivity index (χ1v) is 8.87. The van der Waals surface area contributed by atoms with Crippen LogP contribution in [0.2, 0.25) is 0 Å². The zero-order valence-corrected chi connectivity index (χ0v) is 14.7. The number of aliphatic hydroxyl groups excluding tert-OH is 1. The Balaban J connectivity index is 1.95. The average molecular weight is 297 g/mol. The number of hydrogen-bond acceptors (Lipinski definition) is 3. The molecule has 0 amide bonds. The second-order valence-electron chi connectivity index (χ2n) is 8.25. The van der Waals surface area contributed by atoms with Crippen molar-refractivity contribution >= 4 is 0 Å². The molecular formula is C18H35NO2. The van der Waals surface area contributed by atoms with E-state index in [-0.39, 0.29) is 17.6 Å². The molecular weight excluding hydrogens is 262 g/mol. The zero-order valence-electron chi connectivity index (χ0n) is 14.7. The summed E-state index contributed by atoms with van der Waals surface area (Å²) in [7, 11) is 0. The standard InChI is InChI=1S/C18H35NO2/c1-6-8-14-9-7-11-19(12-10-14)13-15-16(20)18(4,5)21-17(15,2)3/h14-16,20H,6-13H2,1-5H3. The van der Waals surface area contributed by atoms with Crippen LogP contribution in [0.15, 0.2) is 0 Å². The maximum absolute atomic E-state index is 10.6. The number of aliphatic hydroxyl groups is 1. The first kappa shape index (κ1) is 17.2. The molecule has 0 aromatic carbocycles. The van der Waals surface area contributed by atoms with E-state index in [1.54, 1.807) is 0 Å². The Kier molecular flexibility index (Phi) is 5.38. The van der Waals surface area contributed by atoms with Crippen LogP contribution in [0.25, 0.3) is 0 Å². The van der Waals surface area contributed by atoms with E-state index in [2.05, 4.69) is 25.7 Å². The van der Waals surface area contributed by atoms with Gasteiger partial charge < -0.3 is 14.7 Å². The Morgan fingerprint density at radius 3 is 2.38 bits per heavy atom. The van der Waals surface area contributed by atoms with E-state index in [9.17, 15) is 5.11 Å².